The van der Waals surface area contributed by atoms with Crippen molar-refractivity contribution >= 4 is 23.7 Å². The van der Waals surface area contributed by atoms with Crippen molar-refractivity contribution in [2.45, 2.75) is 13.8 Å². The zero-order chi connectivity index (χ0) is 19.4. The highest BCUT2D eigenvalue weighted by atomic mass is 19.1. The van der Waals surface area contributed by atoms with E-state index >= 15 is 0 Å². The van der Waals surface area contributed by atoms with Crippen LogP contribution >= 0.6 is 0 Å². The lowest BCUT2D eigenvalue weighted by Gasteiger charge is -2.06. The summed E-state index contributed by atoms with van der Waals surface area (Å²) >= 11 is 0. The average Bonchev–Trinajstić information content (AvgIpc) is 3.04. The minimum absolute atomic E-state index is 0.00992. The number of nitrogens with zero attached hydrogens (tertiary/aromatic N) is 1. The third-order valence-corrected chi connectivity index (χ3v) is 3.96. The molecule has 1 amide bonds. The van der Waals surface area contributed by atoms with Crippen LogP contribution < -0.4 is 16.0 Å². The molecule has 0 fully saturated rings. The predicted octanol–water partition coefficient (Wildman–Crippen LogP) is 3.63. The third-order valence-electron chi connectivity index (χ3n) is 3.96. The highest BCUT2D eigenvalue weighted by molar-refractivity contribution is 6.04. The third kappa shape index (κ3) is 4.20. The lowest BCUT2D eigenvalue weighted by Crippen LogP contribution is -2.23. The Hall–Kier alpha value is -3.47. The van der Waals surface area contributed by atoms with Gasteiger partial charge < -0.3 is 10.3 Å². The quantitative estimate of drug-likeness (QED) is 0.746. The summed E-state index contributed by atoms with van der Waals surface area (Å²) < 4.78 is 13.7. The Morgan fingerprint density at radius 2 is 1.89 bits per heavy atom. The summed E-state index contributed by atoms with van der Waals surface area (Å²) in [5, 5.41) is 4.45. The fourth-order valence-corrected chi connectivity index (χ4v) is 2.67. The second kappa shape index (κ2) is 7.83. The van der Waals surface area contributed by atoms with Gasteiger partial charge in [0.1, 0.15) is 11.6 Å². The molecule has 0 saturated heterocycles. The molecule has 2 N–H and O–H groups in total. The molecule has 27 heavy (non-hydrogen) atoms. The summed E-state index contributed by atoms with van der Waals surface area (Å²) in [6, 6.07) is 13.1. The molecular weight excluding hydrogens is 341 g/mol. The summed E-state index contributed by atoms with van der Waals surface area (Å²) in [5.41, 5.74) is 2.40. The van der Waals surface area contributed by atoms with Gasteiger partial charge in [-0.3, -0.25) is 4.79 Å². The molecule has 0 radical (unpaired) electrons. The molecule has 4 nitrogen and oxygen atoms in total. The molecule has 0 aliphatic heterocycles. The molecular formula is C22H20FN3O. The van der Waals surface area contributed by atoms with Gasteiger partial charge in [0.25, 0.3) is 5.91 Å². The van der Waals surface area contributed by atoms with Crippen LogP contribution in [0.5, 0.6) is 0 Å². The number of hydrogen-bond donors (Lipinski definition) is 2. The van der Waals surface area contributed by atoms with E-state index in [0.29, 0.717) is 5.69 Å². The van der Waals surface area contributed by atoms with Gasteiger partial charge in [-0.25, -0.2) is 9.37 Å². The summed E-state index contributed by atoms with van der Waals surface area (Å²) in [5.74, 6) is -0.311. The number of nitrogens with one attached hydrogen (secondary N) is 2. The Kier molecular flexibility index (Phi) is 5.31. The summed E-state index contributed by atoms with van der Waals surface area (Å²) in [4.78, 5) is 20.1. The topological polar surface area (TPSA) is 57.8 Å². The fraction of sp³-hybridized carbons (Fsp3) is 0.0909. The van der Waals surface area contributed by atoms with Gasteiger partial charge >= 0.3 is 0 Å². The van der Waals surface area contributed by atoms with Gasteiger partial charge in [0, 0.05) is 11.3 Å². The maximum Gasteiger partial charge on any atom is 0.258 e. The van der Waals surface area contributed by atoms with E-state index in [1.807, 2.05) is 38.1 Å². The van der Waals surface area contributed by atoms with Gasteiger partial charge in [-0.2, -0.15) is 0 Å². The zero-order valence-corrected chi connectivity index (χ0v) is 15.2. The first kappa shape index (κ1) is 18.3. The van der Waals surface area contributed by atoms with E-state index in [1.54, 1.807) is 24.3 Å². The molecule has 3 rings (SSSR count). The maximum absolute atomic E-state index is 13.7. The number of aromatic amines is 1. The minimum Gasteiger partial charge on any atom is -0.338 e. The molecule has 0 bridgehead atoms. The normalized spacial score (nSPS) is 12.3. The van der Waals surface area contributed by atoms with Crippen molar-refractivity contribution in [3.8, 4) is 11.4 Å². The standard InChI is InChI=1S/C22H20FN3O/c1-4-19-20(13-14(2)3)26-21(25-19)15-9-11-16(12-10-15)24-22(27)17-7-5-6-8-18(17)23/h4-13H,2H2,1,3H3,(H,24,27)(H,25,26)/b19-4+,20-13+. The molecule has 5 heteroatoms. The van der Waals surface area contributed by atoms with Gasteiger partial charge in [-0.05, 0) is 56.3 Å². The fourth-order valence-electron chi connectivity index (χ4n) is 2.67. The van der Waals surface area contributed by atoms with Crippen molar-refractivity contribution in [2.75, 3.05) is 5.32 Å². The molecule has 0 aliphatic carbocycles. The monoisotopic (exact) mass is 361 g/mol. The number of carbonyl (C=O) groups is 1. The lowest BCUT2D eigenvalue weighted by molar-refractivity contribution is 0.102. The first-order chi connectivity index (χ1) is 13.0. The number of amides is 1. The Balaban J connectivity index is 1.84. The second-order valence-electron chi connectivity index (χ2n) is 6.18. The number of carbonyl (C=O) groups excluding carboxylic acids is 1. The van der Waals surface area contributed by atoms with Crippen LogP contribution in [0.1, 0.15) is 24.2 Å². The SMILES string of the molecule is C=C(C)/C=c1/[nH]c(-c2ccc(NC(=O)c3ccccc3F)cc2)n/c1=C/C. The van der Waals surface area contributed by atoms with Crippen molar-refractivity contribution in [3.63, 3.8) is 0 Å². The van der Waals surface area contributed by atoms with Gasteiger partial charge in [0.15, 0.2) is 0 Å². The van der Waals surface area contributed by atoms with Crippen LogP contribution in [0.25, 0.3) is 23.5 Å². The van der Waals surface area contributed by atoms with Gasteiger partial charge in [0.2, 0.25) is 0 Å². The summed E-state index contributed by atoms with van der Waals surface area (Å²) in [6.07, 6.45) is 3.87. The van der Waals surface area contributed by atoms with Crippen molar-refractivity contribution in [1.29, 1.82) is 0 Å². The van der Waals surface area contributed by atoms with Crippen molar-refractivity contribution in [1.82, 2.24) is 9.97 Å². The van der Waals surface area contributed by atoms with E-state index in [4.69, 9.17) is 0 Å². The van der Waals surface area contributed by atoms with Gasteiger partial charge in [-0.15, -0.1) is 0 Å². The minimum atomic E-state index is -0.549. The zero-order valence-electron chi connectivity index (χ0n) is 15.2. The molecule has 1 heterocycles. The summed E-state index contributed by atoms with van der Waals surface area (Å²) in [7, 11) is 0. The van der Waals surface area contributed by atoms with E-state index in [-0.39, 0.29) is 5.56 Å². The second-order valence-corrected chi connectivity index (χ2v) is 6.18. The highest BCUT2D eigenvalue weighted by Crippen LogP contribution is 2.18. The number of halogens is 1. The van der Waals surface area contributed by atoms with Crippen LogP contribution in [-0.2, 0) is 0 Å². The highest BCUT2D eigenvalue weighted by Gasteiger charge is 2.11. The summed E-state index contributed by atoms with van der Waals surface area (Å²) in [6.45, 7) is 7.75. The van der Waals surface area contributed by atoms with Crippen molar-refractivity contribution in [3.05, 3.63) is 82.8 Å². The van der Waals surface area contributed by atoms with Crippen LogP contribution in [0.4, 0.5) is 10.1 Å². The Morgan fingerprint density at radius 1 is 1.19 bits per heavy atom. The lowest BCUT2D eigenvalue weighted by atomic mass is 10.1. The molecule has 0 unspecified atom stereocenters. The Morgan fingerprint density at radius 3 is 2.52 bits per heavy atom. The predicted molar refractivity (Wildman–Crippen MR) is 107 cm³/mol. The molecule has 136 valence electrons. The number of rotatable bonds is 4. The first-order valence-electron chi connectivity index (χ1n) is 8.54. The van der Waals surface area contributed by atoms with Crippen molar-refractivity contribution in [2.24, 2.45) is 0 Å². The molecule has 3 aromatic rings. The van der Waals surface area contributed by atoms with Crippen LogP contribution in [0.15, 0.2) is 60.7 Å². The van der Waals surface area contributed by atoms with Crippen LogP contribution in [-0.4, -0.2) is 15.9 Å². The van der Waals surface area contributed by atoms with Crippen LogP contribution in [0.2, 0.25) is 0 Å². The van der Waals surface area contributed by atoms with E-state index in [9.17, 15) is 9.18 Å². The number of H-pyrrole nitrogens is 1. The van der Waals surface area contributed by atoms with Gasteiger partial charge in [-0.1, -0.05) is 30.4 Å². The number of imidazole rings is 1. The Labute approximate surface area is 156 Å². The van der Waals surface area contributed by atoms with E-state index in [2.05, 4.69) is 21.9 Å². The smallest absolute Gasteiger partial charge is 0.258 e. The average molecular weight is 361 g/mol. The first-order valence-corrected chi connectivity index (χ1v) is 8.54. The number of allylic oxidation sites excluding steroid dienone is 1. The van der Waals surface area contributed by atoms with Gasteiger partial charge in [0.05, 0.1) is 16.3 Å². The molecule has 0 atom stereocenters. The van der Waals surface area contributed by atoms with Crippen LogP contribution in [0, 0.1) is 5.82 Å². The Bertz CT molecular complexity index is 1110. The van der Waals surface area contributed by atoms with Crippen molar-refractivity contribution < 1.29 is 9.18 Å². The van der Waals surface area contributed by atoms with E-state index < -0.39 is 11.7 Å². The number of hydrogen-bond acceptors (Lipinski definition) is 2. The number of benzene rings is 2. The molecule has 0 saturated carbocycles. The number of anilines is 1. The van der Waals surface area contributed by atoms with E-state index in [1.165, 1.54) is 12.1 Å². The maximum atomic E-state index is 13.7. The number of aromatic nitrogens is 2. The molecule has 0 spiro atoms. The van der Waals surface area contributed by atoms with Crippen LogP contribution in [0.3, 0.4) is 0 Å². The molecule has 0 aliphatic rings. The molecule has 2 aromatic carbocycles. The largest absolute Gasteiger partial charge is 0.338 e. The van der Waals surface area contributed by atoms with E-state index in [0.717, 1.165) is 27.7 Å². The molecule has 1 aromatic heterocycles.